The van der Waals surface area contributed by atoms with Crippen molar-refractivity contribution in [2.24, 2.45) is 11.3 Å². The van der Waals surface area contributed by atoms with Gasteiger partial charge in [-0.15, -0.1) is 0 Å². The highest BCUT2D eigenvalue weighted by Crippen LogP contribution is 2.41. The third kappa shape index (κ3) is 3.85. The van der Waals surface area contributed by atoms with E-state index in [-0.39, 0.29) is 16.6 Å². The molecular formula is C24H30O2. The molecule has 2 nitrogen and oxygen atoms in total. The lowest BCUT2D eigenvalue weighted by Gasteiger charge is -2.26. The number of fused-ring (bicyclic) bond motifs is 1. The van der Waals surface area contributed by atoms with Crippen molar-refractivity contribution in [3.63, 3.8) is 0 Å². The molecule has 0 bridgehead atoms. The first kappa shape index (κ1) is 18.7. The van der Waals surface area contributed by atoms with E-state index < -0.39 is 0 Å². The maximum absolute atomic E-state index is 12.7. The van der Waals surface area contributed by atoms with Gasteiger partial charge in [0.15, 0.2) is 5.78 Å². The van der Waals surface area contributed by atoms with Crippen molar-refractivity contribution < 1.29 is 9.53 Å². The molecule has 0 fully saturated rings. The van der Waals surface area contributed by atoms with Crippen LogP contribution in [0.2, 0.25) is 0 Å². The van der Waals surface area contributed by atoms with Gasteiger partial charge in [-0.25, -0.2) is 0 Å². The van der Waals surface area contributed by atoms with Crippen LogP contribution in [0.3, 0.4) is 0 Å². The van der Waals surface area contributed by atoms with E-state index >= 15 is 0 Å². The van der Waals surface area contributed by atoms with Gasteiger partial charge in [0, 0.05) is 23.0 Å². The molecule has 1 aliphatic heterocycles. The first-order valence-electron chi connectivity index (χ1n) is 9.53. The molecule has 2 aromatic rings. The molecule has 0 saturated carbocycles. The molecule has 0 amide bonds. The maximum atomic E-state index is 12.7. The molecule has 1 unspecified atom stereocenters. The summed E-state index contributed by atoms with van der Waals surface area (Å²) in [7, 11) is 0. The van der Waals surface area contributed by atoms with Gasteiger partial charge in [0.05, 0.1) is 6.61 Å². The number of carbonyl (C=O) groups is 1. The molecule has 0 saturated heterocycles. The second kappa shape index (κ2) is 6.90. The zero-order valence-corrected chi connectivity index (χ0v) is 16.6. The van der Waals surface area contributed by atoms with E-state index in [1.54, 1.807) is 0 Å². The van der Waals surface area contributed by atoms with Crippen LogP contribution in [0.25, 0.3) is 0 Å². The molecule has 1 heterocycles. The Labute approximate surface area is 157 Å². The summed E-state index contributed by atoms with van der Waals surface area (Å²) < 4.78 is 6.00. The predicted octanol–water partition coefficient (Wildman–Crippen LogP) is 5.83. The van der Waals surface area contributed by atoms with Gasteiger partial charge in [0.1, 0.15) is 5.75 Å². The maximum Gasteiger partial charge on any atom is 0.163 e. The van der Waals surface area contributed by atoms with Crippen LogP contribution < -0.4 is 4.74 Å². The Balaban J connectivity index is 1.79. The quantitative estimate of drug-likeness (QED) is 0.634. The van der Waals surface area contributed by atoms with Crippen LogP contribution in [0.5, 0.6) is 5.75 Å². The Hall–Kier alpha value is -2.09. The van der Waals surface area contributed by atoms with Crippen molar-refractivity contribution >= 4 is 5.78 Å². The SMILES string of the molecule is C[C@@H](CC(=O)c1ccc2c(c1)OCC2(C)Cc1ccccc1)C(C)(C)C. The molecule has 2 atom stereocenters. The summed E-state index contributed by atoms with van der Waals surface area (Å²) in [4.78, 5) is 12.7. The number of benzene rings is 2. The minimum Gasteiger partial charge on any atom is -0.492 e. The van der Waals surface area contributed by atoms with E-state index in [1.165, 1.54) is 11.1 Å². The van der Waals surface area contributed by atoms with Gasteiger partial charge in [0.2, 0.25) is 0 Å². The van der Waals surface area contributed by atoms with Crippen LogP contribution in [0.15, 0.2) is 48.5 Å². The lowest BCUT2D eigenvalue weighted by molar-refractivity contribution is 0.0927. The number of hydrogen-bond donors (Lipinski definition) is 0. The van der Waals surface area contributed by atoms with Gasteiger partial charge in [0.25, 0.3) is 0 Å². The molecule has 138 valence electrons. The number of ketones is 1. The van der Waals surface area contributed by atoms with E-state index in [2.05, 4.69) is 65.0 Å². The number of ether oxygens (including phenoxy) is 1. The van der Waals surface area contributed by atoms with Crippen molar-refractivity contribution in [3.8, 4) is 5.75 Å². The molecule has 0 aromatic heterocycles. The summed E-state index contributed by atoms with van der Waals surface area (Å²) in [6.45, 7) is 11.6. The van der Waals surface area contributed by atoms with Crippen molar-refractivity contribution in [3.05, 3.63) is 65.2 Å². The first-order valence-corrected chi connectivity index (χ1v) is 9.53. The Morgan fingerprint density at radius 3 is 2.50 bits per heavy atom. The van der Waals surface area contributed by atoms with Crippen molar-refractivity contribution in [2.45, 2.75) is 52.9 Å². The third-order valence-electron chi connectivity index (χ3n) is 5.91. The van der Waals surface area contributed by atoms with E-state index in [9.17, 15) is 4.79 Å². The number of rotatable bonds is 5. The summed E-state index contributed by atoms with van der Waals surface area (Å²) >= 11 is 0. The fraction of sp³-hybridized carbons (Fsp3) is 0.458. The van der Waals surface area contributed by atoms with Gasteiger partial charge in [-0.3, -0.25) is 4.79 Å². The standard InChI is InChI=1S/C24H30O2/c1-17(23(2,3)4)13-21(25)19-11-12-20-22(14-19)26-16-24(20,5)15-18-9-7-6-8-10-18/h6-12,14,17H,13,15-16H2,1-5H3/t17-,24?/m0/s1. The predicted molar refractivity (Wildman–Crippen MR) is 107 cm³/mol. The molecule has 3 rings (SSSR count). The van der Waals surface area contributed by atoms with Crippen molar-refractivity contribution in [1.29, 1.82) is 0 Å². The Morgan fingerprint density at radius 2 is 1.85 bits per heavy atom. The van der Waals surface area contributed by atoms with E-state index in [0.29, 0.717) is 18.9 Å². The molecule has 0 N–H and O–H groups in total. The van der Waals surface area contributed by atoms with E-state index in [1.807, 2.05) is 18.2 Å². The Morgan fingerprint density at radius 1 is 1.15 bits per heavy atom. The fourth-order valence-electron chi connectivity index (χ4n) is 3.52. The normalized spacial score (nSPS) is 20.3. The highest BCUT2D eigenvalue weighted by molar-refractivity contribution is 5.96. The number of Topliss-reactive ketones (excluding diaryl/α,β-unsaturated/α-hetero) is 1. The summed E-state index contributed by atoms with van der Waals surface area (Å²) in [5.74, 6) is 1.42. The van der Waals surface area contributed by atoms with Crippen LogP contribution in [0.1, 0.15) is 62.5 Å². The fourth-order valence-corrected chi connectivity index (χ4v) is 3.52. The summed E-state index contributed by atoms with van der Waals surface area (Å²) in [6.07, 6.45) is 1.51. The zero-order chi connectivity index (χ0) is 18.9. The Kier molecular flexibility index (Phi) is 4.96. The average molecular weight is 351 g/mol. The molecule has 2 heteroatoms. The largest absolute Gasteiger partial charge is 0.492 e. The monoisotopic (exact) mass is 350 g/mol. The zero-order valence-electron chi connectivity index (χ0n) is 16.6. The van der Waals surface area contributed by atoms with Gasteiger partial charge in [-0.1, -0.05) is 77.1 Å². The smallest absolute Gasteiger partial charge is 0.163 e. The van der Waals surface area contributed by atoms with Gasteiger partial charge >= 0.3 is 0 Å². The van der Waals surface area contributed by atoms with Gasteiger partial charge < -0.3 is 4.74 Å². The molecule has 0 radical (unpaired) electrons. The third-order valence-corrected chi connectivity index (χ3v) is 5.91. The van der Waals surface area contributed by atoms with Crippen LogP contribution in [0, 0.1) is 11.3 Å². The van der Waals surface area contributed by atoms with E-state index in [0.717, 1.165) is 17.7 Å². The van der Waals surface area contributed by atoms with Gasteiger partial charge in [-0.05, 0) is 29.4 Å². The van der Waals surface area contributed by atoms with Crippen molar-refractivity contribution in [1.82, 2.24) is 0 Å². The summed E-state index contributed by atoms with van der Waals surface area (Å²) in [6, 6.07) is 16.5. The van der Waals surface area contributed by atoms with Crippen LogP contribution in [-0.4, -0.2) is 12.4 Å². The second-order valence-electron chi connectivity index (χ2n) is 9.12. The minimum absolute atomic E-state index is 0.0447. The molecule has 0 aliphatic carbocycles. The highest BCUT2D eigenvalue weighted by Gasteiger charge is 2.37. The summed E-state index contributed by atoms with van der Waals surface area (Å²) in [5, 5.41) is 0. The lowest BCUT2D eigenvalue weighted by atomic mass is 9.77. The van der Waals surface area contributed by atoms with Crippen LogP contribution in [-0.2, 0) is 11.8 Å². The topological polar surface area (TPSA) is 26.3 Å². The highest BCUT2D eigenvalue weighted by atomic mass is 16.5. The van der Waals surface area contributed by atoms with E-state index in [4.69, 9.17) is 4.74 Å². The molecule has 26 heavy (non-hydrogen) atoms. The lowest BCUT2D eigenvalue weighted by Crippen LogP contribution is -2.26. The van der Waals surface area contributed by atoms with Crippen LogP contribution >= 0.6 is 0 Å². The molecule has 0 spiro atoms. The first-order chi connectivity index (χ1) is 12.2. The molecule has 1 aliphatic rings. The summed E-state index contributed by atoms with van der Waals surface area (Å²) in [5.41, 5.74) is 3.38. The molecule has 2 aromatic carbocycles. The van der Waals surface area contributed by atoms with Gasteiger partial charge in [-0.2, -0.15) is 0 Å². The minimum atomic E-state index is -0.0447. The average Bonchev–Trinajstić information content (AvgIpc) is 2.91. The number of hydrogen-bond acceptors (Lipinski definition) is 2. The Bertz CT molecular complexity index is 786. The molecular weight excluding hydrogens is 320 g/mol. The number of carbonyl (C=O) groups excluding carboxylic acids is 1. The van der Waals surface area contributed by atoms with Crippen molar-refractivity contribution in [2.75, 3.05) is 6.61 Å². The second-order valence-corrected chi connectivity index (χ2v) is 9.12. The van der Waals surface area contributed by atoms with Crippen LogP contribution in [0.4, 0.5) is 0 Å².